The highest BCUT2D eigenvalue weighted by Crippen LogP contribution is 2.29. The molecule has 0 radical (unpaired) electrons. The van der Waals surface area contributed by atoms with Crippen molar-refractivity contribution in [3.8, 4) is 0 Å². The maximum atomic E-state index is 6.36. The quantitative estimate of drug-likeness (QED) is 0.886. The number of aromatic nitrogens is 2. The summed E-state index contributed by atoms with van der Waals surface area (Å²) in [5, 5.41) is 0.848. The summed E-state index contributed by atoms with van der Waals surface area (Å²) in [4.78, 5) is 4.78. The first-order valence-electron chi connectivity index (χ1n) is 8.09. The lowest BCUT2D eigenvalue weighted by molar-refractivity contribution is 0.651. The molecule has 3 rings (SSSR count). The fraction of sp³-hybridized carbons (Fsp3) is 0.588. The average Bonchev–Trinajstić information content (AvgIpc) is 3.12. The van der Waals surface area contributed by atoms with Gasteiger partial charge in [-0.1, -0.05) is 25.0 Å². The van der Waals surface area contributed by atoms with E-state index in [1.165, 1.54) is 31.2 Å². The highest BCUT2D eigenvalue weighted by atomic mass is 32.2. The number of thioether (sulfide) groups is 1. The van der Waals surface area contributed by atoms with E-state index >= 15 is 0 Å². The molecule has 1 heterocycles. The van der Waals surface area contributed by atoms with Gasteiger partial charge < -0.3 is 10.3 Å². The summed E-state index contributed by atoms with van der Waals surface area (Å²) >= 11 is 2.07. The Hall–Kier alpha value is -1.00. The standard InChI is InChI=1S/C17H25N3S/c1-2-20-16-10-6-5-9-15(16)19-17(20)11-13(18)12-21-14-7-3-4-8-14/h5-6,9-10,13-14H,2-4,7-8,11-12,18H2,1H3. The van der Waals surface area contributed by atoms with Crippen LogP contribution in [0.1, 0.15) is 38.4 Å². The molecule has 0 spiro atoms. The first kappa shape index (κ1) is 14.9. The van der Waals surface area contributed by atoms with Crippen LogP contribution in [0.3, 0.4) is 0 Å². The van der Waals surface area contributed by atoms with Gasteiger partial charge in [0.1, 0.15) is 5.82 Å². The molecular formula is C17H25N3S. The lowest BCUT2D eigenvalue weighted by Gasteiger charge is -2.15. The number of aryl methyl sites for hydroxylation is 1. The largest absolute Gasteiger partial charge is 0.328 e. The molecule has 114 valence electrons. The van der Waals surface area contributed by atoms with E-state index in [1.54, 1.807) is 0 Å². The van der Waals surface area contributed by atoms with Gasteiger partial charge in [-0.2, -0.15) is 11.8 Å². The second kappa shape index (κ2) is 6.84. The van der Waals surface area contributed by atoms with Crippen LogP contribution in [0.4, 0.5) is 0 Å². The predicted molar refractivity (Wildman–Crippen MR) is 91.8 cm³/mol. The van der Waals surface area contributed by atoms with E-state index in [0.717, 1.165) is 35.3 Å². The van der Waals surface area contributed by atoms with E-state index in [1.807, 2.05) is 0 Å². The van der Waals surface area contributed by atoms with Crippen LogP contribution in [-0.2, 0) is 13.0 Å². The Balaban J connectivity index is 1.65. The van der Waals surface area contributed by atoms with E-state index in [0.29, 0.717) is 0 Å². The molecule has 1 atom stereocenters. The third-order valence-corrected chi connectivity index (χ3v) is 5.91. The van der Waals surface area contributed by atoms with Crippen molar-refractivity contribution in [2.75, 3.05) is 5.75 Å². The van der Waals surface area contributed by atoms with Gasteiger partial charge in [-0.25, -0.2) is 4.98 Å². The van der Waals surface area contributed by atoms with Gasteiger partial charge in [-0.3, -0.25) is 0 Å². The van der Waals surface area contributed by atoms with Gasteiger partial charge in [0, 0.05) is 30.0 Å². The number of nitrogens with zero attached hydrogens (tertiary/aromatic N) is 2. The summed E-state index contributed by atoms with van der Waals surface area (Å²) in [6, 6.07) is 8.57. The number of benzene rings is 1. The summed E-state index contributed by atoms with van der Waals surface area (Å²) in [5.74, 6) is 2.19. The third kappa shape index (κ3) is 3.43. The van der Waals surface area contributed by atoms with Crippen LogP contribution < -0.4 is 5.73 Å². The second-order valence-electron chi connectivity index (χ2n) is 5.97. The fourth-order valence-corrected chi connectivity index (χ4v) is 4.55. The Labute approximate surface area is 131 Å². The van der Waals surface area contributed by atoms with E-state index < -0.39 is 0 Å². The van der Waals surface area contributed by atoms with E-state index in [2.05, 4.69) is 47.5 Å². The molecule has 1 aromatic heterocycles. The molecule has 0 saturated heterocycles. The monoisotopic (exact) mass is 303 g/mol. The van der Waals surface area contributed by atoms with Crippen molar-refractivity contribution in [2.45, 2.75) is 56.9 Å². The zero-order valence-corrected chi connectivity index (χ0v) is 13.6. The van der Waals surface area contributed by atoms with Crippen molar-refractivity contribution < 1.29 is 0 Å². The Morgan fingerprint density at radius 2 is 2.10 bits per heavy atom. The molecule has 0 bridgehead atoms. The summed E-state index contributed by atoms with van der Waals surface area (Å²) in [5.41, 5.74) is 8.67. The first-order valence-corrected chi connectivity index (χ1v) is 9.14. The molecule has 4 heteroatoms. The number of imidazole rings is 1. The minimum atomic E-state index is 0.206. The summed E-state index contributed by atoms with van der Waals surface area (Å²) in [6.07, 6.45) is 6.44. The maximum Gasteiger partial charge on any atom is 0.111 e. The molecule has 0 aliphatic heterocycles. The zero-order valence-electron chi connectivity index (χ0n) is 12.8. The average molecular weight is 303 g/mol. The van der Waals surface area contributed by atoms with Gasteiger partial charge in [0.15, 0.2) is 0 Å². The van der Waals surface area contributed by atoms with Crippen molar-refractivity contribution in [3.63, 3.8) is 0 Å². The Kier molecular flexibility index (Phi) is 4.86. The molecular weight excluding hydrogens is 278 g/mol. The highest BCUT2D eigenvalue weighted by Gasteiger charge is 2.18. The topological polar surface area (TPSA) is 43.8 Å². The van der Waals surface area contributed by atoms with Gasteiger partial charge in [-0.15, -0.1) is 0 Å². The van der Waals surface area contributed by atoms with E-state index in [-0.39, 0.29) is 6.04 Å². The number of hydrogen-bond acceptors (Lipinski definition) is 3. The zero-order chi connectivity index (χ0) is 14.7. The first-order chi connectivity index (χ1) is 10.3. The van der Waals surface area contributed by atoms with Crippen LogP contribution in [-0.4, -0.2) is 26.6 Å². The van der Waals surface area contributed by atoms with Crippen molar-refractivity contribution in [3.05, 3.63) is 30.1 Å². The molecule has 2 aromatic rings. The second-order valence-corrected chi connectivity index (χ2v) is 7.30. The number of nitrogens with two attached hydrogens (primary N) is 1. The molecule has 1 aliphatic rings. The summed E-state index contributed by atoms with van der Waals surface area (Å²) in [7, 11) is 0. The minimum absolute atomic E-state index is 0.206. The van der Waals surface area contributed by atoms with Crippen molar-refractivity contribution >= 4 is 22.8 Å². The van der Waals surface area contributed by atoms with E-state index in [9.17, 15) is 0 Å². The van der Waals surface area contributed by atoms with Gasteiger partial charge >= 0.3 is 0 Å². The number of fused-ring (bicyclic) bond motifs is 1. The molecule has 2 N–H and O–H groups in total. The normalized spacial score (nSPS) is 17.6. The SMILES string of the molecule is CCn1c(CC(N)CSC2CCCC2)nc2ccccc21. The predicted octanol–water partition coefficient (Wildman–Crippen LogP) is 3.60. The number of para-hydroxylation sites is 2. The highest BCUT2D eigenvalue weighted by molar-refractivity contribution is 7.99. The van der Waals surface area contributed by atoms with Crippen LogP contribution in [0.5, 0.6) is 0 Å². The molecule has 1 unspecified atom stereocenters. The van der Waals surface area contributed by atoms with Crippen LogP contribution in [0.2, 0.25) is 0 Å². The van der Waals surface area contributed by atoms with Crippen LogP contribution in [0, 0.1) is 0 Å². The van der Waals surface area contributed by atoms with Crippen molar-refractivity contribution in [1.82, 2.24) is 9.55 Å². The van der Waals surface area contributed by atoms with Crippen LogP contribution in [0.15, 0.2) is 24.3 Å². The Morgan fingerprint density at radius 3 is 2.86 bits per heavy atom. The molecule has 1 fully saturated rings. The maximum absolute atomic E-state index is 6.36. The fourth-order valence-electron chi connectivity index (χ4n) is 3.24. The lowest BCUT2D eigenvalue weighted by atomic mass is 10.2. The minimum Gasteiger partial charge on any atom is -0.328 e. The van der Waals surface area contributed by atoms with Gasteiger partial charge in [0.05, 0.1) is 11.0 Å². The molecule has 1 saturated carbocycles. The van der Waals surface area contributed by atoms with E-state index in [4.69, 9.17) is 10.7 Å². The number of rotatable bonds is 6. The lowest BCUT2D eigenvalue weighted by Crippen LogP contribution is -2.28. The van der Waals surface area contributed by atoms with Crippen molar-refractivity contribution in [1.29, 1.82) is 0 Å². The molecule has 1 aliphatic carbocycles. The molecule has 3 nitrogen and oxygen atoms in total. The molecule has 21 heavy (non-hydrogen) atoms. The van der Waals surface area contributed by atoms with Gasteiger partial charge in [0.2, 0.25) is 0 Å². The van der Waals surface area contributed by atoms with Crippen LogP contribution in [0.25, 0.3) is 11.0 Å². The van der Waals surface area contributed by atoms with Gasteiger partial charge in [0.25, 0.3) is 0 Å². The summed E-state index contributed by atoms with van der Waals surface area (Å²) < 4.78 is 2.30. The van der Waals surface area contributed by atoms with Crippen molar-refractivity contribution in [2.24, 2.45) is 5.73 Å². The smallest absolute Gasteiger partial charge is 0.111 e. The number of hydrogen-bond donors (Lipinski definition) is 1. The Morgan fingerprint density at radius 1 is 1.33 bits per heavy atom. The Bertz CT molecular complexity index is 587. The molecule has 0 amide bonds. The third-order valence-electron chi connectivity index (χ3n) is 4.34. The molecule has 1 aromatic carbocycles. The van der Waals surface area contributed by atoms with Crippen LogP contribution >= 0.6 is 11.8 Å². The summed E-state index contributed by atoms with van der Waals surface area (Å²) in [6.45, 7) is 3.13. The van der Waals surface area contributed by atoms with Gasteiger partial charge in [-0.05, 0) is 31.9 Å².